The number of hydroxylamine groups is 2. The third kappa shape index (κ3) is 5.32. The Labute approximate surface area is 171 Å². The first-order valence-electron chi connectivity index (χ1n) is 6.80. The zero-order valence-corrected chi connectivity index (χ0v) is 17.4. The predicted octanol–water partition coefficient (Wildman–Crippen LogP) is 4.76. The van der Waals surface area contributed by atoms with Crippen molar-refractivity contribution in [3.8, 4) is 0 Å². The highest BCUT2D eigenvalue weighted by Gasteiger charge is 2.19. The Morgan fingerprint density at radius 2 is 1.96 bits per heavy atom. The van der Waals surface area contributed by atoms with Gasteiger partial charge in [-0.2, -0.15) is 0 Å². The molecule has 1 aliphatic rings. The van der Waals surface area contributed by atoms with Gasteiger partial charge in [0.1, 0.15) is 6.61 Å². The van der Waals surface area contributed by atoms with E-state index in [1.807, 2.05) is 30.3 Å². The number of benzene rings is 1. The molecule has 0 aliphatic carbocycles. The topological polar surface area (TPSA) is 49.8 Å². The van der Waals surface area contributed by atoms with Gasteiger partial charge in [0.05, 0.1) is 34.5 Å². The van der Waals surface area contributed by atoms with Crippen molar-refractivity contribution in [2.24, 2.45) is 4.99 Å². The van der Waals surface area contributed by atoms with Crippen molar-refractivity contribution in [3.05, 3.63) is 58.3 Å². The minimum Gasteiger partial charge on any atom is -0.323 e. The Kier molecular flexibility index (Phi) is 9.01. The Morgan fingerprint density at radius 1 is 1.12 bits per heavy atom. The van der Waals surface area contributed by atoms with Crippen molar-refractivity contribution in [2.45, 2.75) is 6.61 Å². The van der Waals surface area contributed by atoms with Crippen molar-refractivity contribution in [3.63, 3.8) is 0 Å². The van der Waals surface area contributed by atoms with Crippen molar-refractivity contribution in [1.82, 2.24) is 10.0 Å². The molecule has 24 heavy (non-hydrogen) atoms. The first kappa shape index (κ1) is 21.2. The van der Waals surface area contributed by atoms with E-state index in [0.29, 0.717) is 41.4 Å². The fourth-order valence-corrected chi connectivity index (χ4v) is 2.36. The summed E-state index contributed by atoms with van der Waals surface area (Å²) in [6.45, 7) is 1.71. The maximum atomic E-state index is 6.17. The lowest BCUT2D eigenvalue weighted by molar-refractivity contribution is -0.104. The molecule has 2 aromatic rings. The van der Waals surface area contributed by atoms with Gasteiger partial charge in [0.2, 0.25) is 5.96 Å². The van der Waals surface area contributed by atoms with E-state index < -0.39 is 0 Å². The van der Waals surface area contributed by atoms with E-state index in [-0.39, 0.29) is 34.0 Å². The van der Waals surface area contributed by atoms with E-state index in [1.54, 1.807) is 17.3 Å². The maximum absolute atomic E-state index is 6.17. The molecule has 0 saturated heterocycles. The summed E-state index contributed by atoms with van der Waals surface area (Å²) in [5.41, 5.74) is 1.55. The zero-order chi connectivity index (χ0) is 15.4. The molecule has 0 unspecified atom stereocenters. The Bertz CT molecular complexity index is 688. The monoisotopic (exact) mass is 496 g/mol. The van der Waals surface area contributed by atoms with Crippen LogP contribution >= 0.6 is 57.2 Å². The van der Waals surface area contributed by atoms with Crippen LogP contribution in [0.2, 0.25) is 10.0 Å². The lowest BCUT2D eigenvalue weighted by Gasteiger charge is -2.20. The number of hydrogen-bond donors (Lipinski definition) is 1. The van der Waals surface area contributed by atoms with Crippen LogP contribution in [0.25, 0.3) is 0 Å². The van der Waals surface area contributed by atoms with Crippen LogP contribution in [-0.2, 0) is 11.4 Å². The van der Waals surface area contributed by atoms with Crippen molar-refractivity contribution in [2.75, 3.05) is 18.4 Å². The van der Waals surface area contributed by atoms with Crippen LogP contribution in [0.1, 0.15) is 5.69 Å². The molecule has 0 amide bonds. The minimum atomic E-state index is 0. The van der Waals surface area contributed by atoms with Gasteiger partial charge in [-0.05, 0) is 24.3 Å². The summed E-state index contributed by atoms with van der Waals surface area (Å²) in [7, 11) is 0. The largest absolute Gasteiger partial charge is 0.323 e. The van der Waals surface area contributed by atoms with Gasteiger partial charge < -0.3 is 5.32 Å². The molecule has 0 saturated carbocycles. The highest BCUT2D eigenvalue weighted by Crippen LogP contribution is 2.30. The van der Waals surface area contributed by atoms with Crippen molar-refractivity contribution < 1.29 is 4.84 Å². The molecule has 5 nitrogen and oxygen atoms in total. The summed E-state index contributed by atoms with van der Waals surface area (Å²) >= 11 is 12.2. The Hall–Kier alpha value is -0.860. The highest BCUT2D eigenvalue weighted by molar-refractivity contribution is 8.93. The van der Waals surface area contributed by atoms with Crippen LogP contribution in [0.5, 0.6) is 0 Å². The lowest BCUT2D eigenvalue weighted by Crippen LogP contribution is -2.33. The van der Waals surface area contributed by atoms with E-state index >= 15 is 0 Å². The summed E-state index contributed by atoms with van der Waals surface area (Å²) in [5, 5.41) is 5.80. The molecule has 1 aliphatic heterocycles. The van der Waals surface area contributed by atoms with Gasteiger partial charge in [-0.15, -0.1) is 34.0 Å². The van der Waals surface area contributed by atoms with E-state index in [9.17, 15) is 0 Å². The molecule has 2 heterocycles. The average molecular weight is 499 g/mol. The Morgan fingerprint density at radius 3 is 2.71 bits per heavy atom. The zero-order valence-electron chi connectivity index (χ0n) is 12.5. The maximum Gasteiger partial charge on any atom is 0.223 e. The summed E-state index contributed by atoms with van der Waals surface area (Å²) in [6.07, 6.45) is 1.74. The fourth-order valence-electron chi connectivity index (χ4n) is 2.01. The molecule has 0 spiro atoms. The minimum absolute atomic E-state index is 0. The SMILES string of the molecule is Br.Br.Clc1cccc(NC2=NCCN2OCc2ccccn2)c1Cl. The standard InChI is InChI=1S/C15H14Cl2N4O.2BrH/c16-12-5-3-6-13(14(12)17)20-15-19-8-9-21(15)22-10-11-4-1-2-7-18-11;;/h1-7H,8-10H2,(H,19,20);2*1H. The first-order chi connectivity index (χ1) is 10.7. The van der Waals surface area contributed by atoms with Crippen molar-refractivity contribution >= 4 is 68.8 Å². The number of hydrogen-bond acceptors (Lipinski definition) is 5. The molecule has 3 rings (SSSR count). The van der Waals surface area contributed by atoms with E-state index in [4.69, 9.17) is 28.0 Å². The van der Waals surface area contributed by atoms with Gasteiger partial charge >= 0.3 is 0 Å². The Balaban J connectivity index is 0.00000144. The second kappa shape index (κ2) is 10.2. The van der Waals surface area contributed by atoms with Gasteiger partial charge in [-0.25, -0.2) is 10.1 Å². The molecule has 1 aromatic carbocycles. The highest BCUT2D eigenvalue weighted by atomic mass is 79.9. The normalized spacial score (nSPS) is 12.9. The van der Waals surface area contributed by atoms with E-state index in [1.165, 1.54) is 0 Å². The van der Waals surface area contributed by atoms with Gasteiger partial charge in [0.15, 0.2) is 0 Å². The van der Waals surface area contributed by atoms with Gasteiger partial charge in [-0.1, -0.05) is 35.3 Å². The third-order valence-corrected chi connectivity index (χ3v) is 3.91. The van der Waals surface area contributed by atoms with Gasteiger partial charge in [-0.3, -0.25) is 9.82 Å². The average Bonchev–Trinajstić information content (AvgIpc) is 2.98. The quantitative estimate of drug-likeness (QED) is 0.660. The van der Waals surface area contributed by atoms with E-state index in [0.717, 1.165) is 5.69 Å². The van der Waals surface area contributed by atoms with Crippen LogP contribution < -0.4 is 5.32 Å². The third-order valence-electron chi connectivity index (χ3n) is 3.09. The first-order valence-corrected chi connectivity index (χ1v) is 7.55. The van der Waals surface area contributed by atoms with Crippen LogP contribution in [-0.4, -0.2) is 29.1 Å². The molecule has 0 fully saturated rings. The number of halogens is 4. The molecule has 0 bridgehead atoms. The molecule has 1 N–H and O–H groups in total. The summed E-state index contributed by atoms with van der Waals surface area (Å²) < 4.78 is 0. The molecule has 9 heteroatoms. The van der Waals surface area contributed by atoms with Crippen LogP contribution in [0.15, 0.2) is 47.6 Å². The molecule has 1 aromatic heterocycles. The van der Waals surface area contributed by atoms with Crippen LogP contribution in [0.3, 0.4) is 0 Å². The van der Waals surface area contributed by atoms with Crippen LogP contribution in [0, 0.1) is 0 Å². The number of aromatic nitrogens is 1. The second-order valence-corrected chi connectivity index (χ2v) is 5.41. The lowest BCUT2D eigenvalue weighted by atomic mass is 10.3. The molecule has 0 atom stereocenters. The smallest absolute Gasteiger partial charge is 0.223 e. The number of aliphatic imine (C=N–C) groups is 1. The predicted molar refractivity (Wildman–Crippen MR) is 109 cm³/mol. The molecule has 130 valence electrons. The number of rotatable bonds is 4. The number of anilines is 1. The van der Waals surface area contributed by atoms with Crippen molar-refractivity contribution in [1.29, 1.82) is 0 Å². The fraction of sp³-hybridized carbons (Fsp3) is 0.200. The molecular formula is C15H16Br2Cl2N4O. The van der Waals surface area contributed by atoms with Gasteiger partial charge in [0, 0.05) is 6.20 Å². The number of nitrogens with one attached hydrogen (secondary N) is 1. The summed E-state index contributed by atoms with van der Waals surface area (Å²) in [4.78, 5) is 14.3. The summed E-state index contributed by atoms with van der Waals surface area (Å²) in [5.74, 6) is 0.611. The number of guanidine groups is 1. The number of pyridine rings is 1. The second-order valence-electron chi connectivity index (χ2n) is 4.63. The summed E-state index contributed by atoms with van der Waals surface area (Å²) in [6, 6.07) is 11.1. The number of nitrogens with zero attached hydrogens (tertiary/aromatic N) is 3. The molecule has 0 radical (unpaired) electrons. The van der Waals surface area contributed by atoms with Gasteiger partial charge in [0.25, 0.3) is 0 Å². The van der Waals surface area contributed by atoms with E-state index in [2.05, 4.69) is 15.3 Å². The van der Waals surface area contributed by atoms with Crippen LogP contribution in [0.4, 0.5) is 5.69 Å². The molecular weight excluding hydrogens is 483 g/mol.